The first-order valence-electron chi connectivity index (χ1n) is 7.26. The molecule has 0 saturated heterocycles. The average molecular weight is 356 g/mol. The first kappa shape index (κ1) is 17.7. The summed E-state index contributed by atoms with van der Waals surface area (Å²) in [7, 11) is -3.69. The Morgan fingerprint density at radius 1 is 1.30 bits per heavy atom. The first-order chi connectivity index (χ1) is 10.9. The van der Waals surface area contributed by atoms with E-state index in [4.69, 9.17) is 4.42 Å². The summed E-state index contributed by atoms with van der Waals surface area (Å²) in [6.07, 6.45) is 2.13. The zero-order valence-corrected chi connectivity index (χ0v) is 14.6. The Labute approximate surface area is 139 Å². The van der Waals surface area contributed by atoms with Crippen LogP contribution in [-0.2, 0) is 21.2 Å². The van der Waals surface area contributed by atoms with E-state index in [-0.39, 0.29) is 16.0 Å². The minimum Gasteiger partial charge on any atom is -0.469 e. The first-order valence-corrected chi connectivity index (χ1v) is 9.62. The highest BCUT2D eigenvalue weighted by Crippen LogP contribution is 2.17. The molecular formula is C15H20N2O4S2. The van der Waals surface area contributed by atoms with Gasteiger partial charge in [-0.1, -0.05) is 19.9 Å². The number of rotatable bonds is 8. The Hall–Kier alpha value is -1.64. The number of thiophene rings is 1. The molecule has 126 valence electrons. The fourth-order valence-electron chi connectivity index (χ4n) is 2.01. The Balaban J connectivity index is 1.96. The van der Waals surface area contributed by atoms with Gasteiger partial charge in [0, 0.05) is 13.0 Å². The van der Waals surface area contributed by atoms with Crippen LogP contribution < -0.4 is 10.0 Å². The predicted molar refractivity (Wildman–Crippen MR) is 88.7 cm³/mol. The molecule has 0 fully saturated rings. The molecule has 0 aliphatic carbocycles. The van der Waals surface area contributed by atoms with Gasteiger partial charge in [0.1, 0.15) is 16.0 Å². The fourth-order valence-corrected chi connectivity index (χ4v) is 4.36. The highest BCUT2D eigenvalue weighted by atomic mass is 32.2. The smallest absolute Gasteiger partial charge is 0.250 e. The number of nitrogens with one attached hydrogen (secondary N) is 2. The van der Waals surface area contributed by atoms with E-state index in [0.29, 0.717) is 13.0 Å². The molecule has 2 aromatic heterocycles. The van der Waals surface area contributed by atoms with Crippen LogP contribution in [0.5, 0.6) is 0 Å². The predicted octanol–water partition coefficient (Wildman–Crippen LogP) is 2.00. The molecule has 1 amide bonds. The van der Waals surface area contributed by atoms with E-state index in [1.165, 1.54) is 6.07 Å². The maximum atomic E-state index is 12.3. The molecule has 23 heavy (non-hydrogen) atoms. The monoisotopic (exact) mass is 356 g/mol. The van der Waals surface area contributed by atoms with Gasteiger partial charge in [-0.3, -0.25) is 4.79 Å². The van der Waals surface area contributed by atoms with Crippen molar-refractivity contribution in [3.05, 3.63) is 41.7 Å². The van der Waals surface area contributed by atoms with Crippen LogP contribution in [0.2, 0.25) is 0 Å². The van der Waals surface area contributed by atoms with Crippen molar-refractivity contribution in [2.24, 2.45) is 5.92 Å². The number of amides is 1. The van der Waals surface area contributed by atoms with Crippen molar-refractivity contribution >= 4 is 27.3 Å². The summed E-state index contributed by atoms with van der Waals surface area (Å²) in [4.78, 5) is 12.3. The number of hydrogen-bond acceptors (Lipinski definition) is 5. The lowest BCUT2D eigenvalue weighted by Crippen LogP contribution is -2.49. The minimum absolute atomic E-state index is 0.173. The molecule has 8 heteroatoms. The topological polar surface area (TPSA) is 88.4 Å². The largest absolute Gasteiger partial charge is 0.469 e. The van der Waals surface area contributed by atoms with Gasteiger partial charge in [-0.25, -0.2) is 8.42 Å². The number of sulfonamides is 1. The molecule has 2 heterocycles. The van der Waals surface area contributed by atoms with E-state index in [0.717, 1.165) is 17.1 Å². The summed E-state index contributed by atoms with van der Waals surface area (Å²) in [5.41, 5.74) is 0. The van der Waals surface area contributed by atoms with Gasteiger partial charge < -0.3 is 9.73 Å². The zero-order chi connectivity index (χ0) is 16.9. The van der Waals surface area contributed by atoms with Crippen LogP contribution in [0, 0.1) is 5.92 Å². The second-order valence-corrected chi connectivity index (χ2v) is 8.28. The Morgan fingerprint density at radius 3 is 2.65 bits per heavy atom. The van der Waals surface area contributed by atoms with Gasteiger partial charge in [0.05, 0.1) is 6.26 Å². The SMILES string of the molecule is CC(C)[C@H](NS(=O)(=O)c1cccs1)C(=O)NCCc1ccco1. The van der Waals surface area contributed by atoms with Crippen molar-refractivity contribution in [2.75, 3.05) is 6.54 Å². The molecule has 1 atom stereocenters. The van der Waals surface area contributed by atoms with Gasteiger partial charge in [0.2, 0.25) is 5.91 Å². The van der Waals surface area contributed by atoms with E-state index in [1.807, 2.05) is 6.07 Å². The Kier molecular flexibility index (Phi) is 5.97. The summed E-state index contributed by atoms with van der Waals surface area (Å²) in [5, 5.41) is 4.43. The zero-order valence-electron chi connectivity index (χ0n) is 13.0. The summed E-state index contributed by atoms with van der Waals surface area (Å²) >= 11 is 1.12. The van der Waals surface area contributed by atoms with Gasteiger partial charge in [0.25, 0.3) is 10.0 Å². The molecule has 2 aromatic rings. The van der Waals surface area contributed by atoms with Crippen molar-refractivity contribution in [1.29, 1.82) is 0 Å². The van der Waals surface area contributed by atoms with Gasteiger partial charge in [0.15, 0.2) is 0 Å². The lowest BCUT2D eigenvalue weighted by Gasteiger charge is -2.21. The van der Waals surface area contributed by atoms with Crippen molar-refractivity contribution in [2.45, 2.75) is 30.5 Å². The third kappa shape index (κ3) is 4.92. The molecule has 0 saturated carbocycles. The van der Waals surface area contributed by atoms with Crippen molar-refractivity contribution in [3.63, 3.8) is 0 Å². The van der Waals surface area contributed by atoms with E-state index >= 15 is 0 Å². The fraction of sp³-hybridized carbons (Fsp3) is 0.400. The quantitative estimate of drug-likeness (QED) is 0.757. The van der Waals surface area contributed by atoms with Crippen molar-refractivity contribution in [3.8, 4) is 0 Å². The third-order valence-electron chi connectivity index (χ3n) is 3.24. The van der Waals surface area contributed by atoms with Crippen LogP contribution in [0.25, 0.3) is 0 Å². The second-order valence-electron chi connectivity index (χ2n) is 5.40. The van der Waals surface area contributed by atoms with Gasteiger partial charge in [-0.15, -0.1) is 11.3 Å². The molecule has 0 spiro atoms. The van der Waals surface area contributed by atoms with Gasteiger partial charge in [-0.05, 0) is 29.5 Å². The summed E-state index contributed by atoms with van der Waals surface area (Å²) in [6, 6.07) is 5.96. The van der Waals surface area contributed by atoms with Crippen LogP contribution in [-0.4, -0.2) is 26.9 Å². The lowest BCUT2D eigenvalue weighted by molar-refractivity contribution is -0.123. The van der Waals surface area contributed by atoms with Crippen LogP contribution in [0.4, 0.5) is 0 Å². The average Bonchev–Trinajstić information content (AvgIpc) is 3.17. The maximum Gasteiger partial charge on any atom is 0.250 e. The number of hydrogen-bond donors (Lipinski definition) is 2. The summed E-state index contributed by atoms with van der Waals surface area (Å²) < 4.78 is 32.4. The Bertz CT molecular complexity index is 707. The maximum absolute atomic E-state index is 12.3. The molecule has 0 radical (unpaired) electrons. The van der Waals surface area contributed by atoms with Crippen molar-refractivity contribution < 1.29 is 17.6 Å². The summed E-state index contributed by atoms with van der Waals surface area (Å²) in [5.74, 6) is 0.255. The van der Waals surface area contributed by atoms with Gasteiger partial charge >= 0.3 is 0 Å². The van der Waals surface area contributed by atoms with Gasteiger partial charge in [-0.2, -0.15) is 4.72 Å². The van der Waals surface area contributed by atoms with E-state index in [2.05, 4.69) is 10.0 Å². The van der Waals surface area contributed by atoms with E-state index in [9.17, 15) is 13.2 Å². The number of furan rings is 1. The number of carbonyl (C=O) groups excluding carboxylic acids is 1. The molecule has 0 bridgehead atoms. The molecule has 2 rings (SSSR count). The van der Waals surface area contributed by atoms with Crippen LogP contribution >= 0.6 is 11.3 Å². The standard InChI is InChI=1S/C15H20N2O4S2/c1-11(2)14(17-23(19,20)13-6-4-10-22-13)15(18)16-8-7-12-5-3-9-21-12/h3-6,9-11,14,17H,7-8H2,1-2H3,(H,16,18)/t14-/m0/s1. The second kappa shape index (κ2) is 7.76. The Morgan fingerprint density at radius 2 is 2.09 bits per heavy atom. The molecule has 2 N–H and O–H groups in total. The summed E-state index contributed by atoms with van der Waals surface area (Å²) in [6.45, 7) is 3.98. The molecule has 0 aliphatic rings. The lowest BCUT2D eigenvalue weighted by atomic mass is 10.1. The molecule has 0 aromatic carbocycles. The molecule has 6 nitrogen and oxygen atoms in total. The molecule has 0 aliphatic heterocycles. The van der Waals surface area contributed by atoms with Crippen LogP contribution in [0.3, 0.4) is 0 Å². The van der Waals surface area contributed by atoms with E-state index in [1.54, 1.807) is 37.6 Å². The van der Waals surface area contributed by atoms with Crippen LogP contribution in [0.1, 0.15) is 19.6 Å². The third-order valence-corrected chi connectivity index (χ3v) is 6.08. The molecule has 0 unspecified atom stereocenters. The molecular weight excluding hydrogens is 336 g/mol. The number of carbonyl (C=O) groups is 1. The van der Waals surface area contributed by atoms with Crippen LogP contribution in [0.15, 0.2) is 44.5 Å². The van der Waals surface area contributed by atoms with E-state index < -0.39 is 16.1 Å². The normalized spacial score (nSPS) is 13.2. The van der Waals surface area contributed by atoms with Crippen molar-refractivity contribution in [1.82, 2.24) is 10.0 Å². The minimum atomic E-state index is -3.69. The highest BCUT2D eigenvalue weighted by molar-refractivity contribution is 7.91. The highest BCUT2D eigenvalue weighted by Gasteiger charge is 2.28.